The molecular weight excluding hydrogens is 292 g/mol. The van der Waals surface area contributed by atoms with Crippen LogP contribution in [0.2, 0.25) is 0 Å². The molecule has 1 fully saturated rings. The molecule has 5 heteroatoms. The van der Waals surface area contributed by atoms with Gasteiger partial charge in [-0.25, -0.2) is 0 Å². The molecule has 23 heavy (non-hydrogen) atoms. The van der Waals surface area contributed by atoms with Crippen LogP contribution in [0.4, 0.5) is 5.69 Å². The van der Waals surface area contributed by atoms with Crippen molar-refractivity contribution < 1.29 is 14.7 Å². The molecule has 1 amide bonds. The fraction of sp³-hybridized carbons (Fsp3) is 0.222. The molecule has 1 aliphatic rings. The van der Waals surface area contributed by atoms with Crippen molar-refractivity contribution in [1.82, 2.24) is 4.57 Å². The number of aliphatic carboxylic acids is 1. The third-order valence-corrected chi connectivity index (χ3v) is 4.68. The number of carboxylic acids is 1. The zero-order valence-electron chi connectivity index (χ0n) is 12.7. The Balaban J connectivity index is 1.85. The number of aromatic nitrogens is 1. The first-order valence-electron chi connectivity index (χ1n) is 7.56. The predicted molar refractivity (Wildman–Crippen MR) is 88.5 cm³/mol. The molecule has 1 saturated heterocycles. The summed E-state index contributed by atoms with van der Waals surface area (Å²) in [7, 11) is 2.02. The first kappa shape index (κ1) is 13.8. The van der Waals surface area contributed by atoms with E-state index in [1.807, 2.05) is 37.4 Å². The number of hydrogen-bond acceptors (Lipinski definition) is 2. The number of nitrogens with zero attached hydrogens (tertiary/aromatic N) is 2. The highest BCUT2D eigenvalue weighted by Gasteiger charge is 2.35. The lowest BCUT2D eigenvalue weighted by molar-refractivity contribution is -0.141. The van der Waals surface area contributed by atoms with E-state index in [-0.39, 0.29) is 18.9 Å². The fourth-order valence-corrected chi connectivity index (χ4v) is 3.45. The Morgan fingerprint density at radius 3 is 2.61 bits per heavy atom. The molecule has 3 aromatic rings. The summed E-state index contributed by atoms with van der Waals surface area (Å²) in [6.45, 7) is 0.241. The van der Waals surface area contributed by atoms with Crippen molar-refractivity contribution in [2.75, 3.05) is 11.4 Å². The molecular formula is C18H16N2O3. The van der Waals surface area contributed by atoms with Crippen LogP contribution in [0.25, 0.3) is 21.8 Å². The maximum Gasteiger partial charge on any atom is 0.308 e. The fourth-order valence-electron chi connectivity index (χ4n) is 3.45. The van der Waals surface area contributed by atoms with Gasteiger partial charge in [0.05, 0.1) is 5.92 Å². The normalized spacial score (nSPS) is 18.2. The van der Waals surface area contributed by atoms with Gasteiger partial charge >= 0.3 is 5.97 Å². The number of rotatable bonds is 2. The number of aryl methyl sites for hydroxylation is 1. The minimum absolute atomic E-state index is 0.0723. The summed E-state index contributed by atoms with van der Waals surface area (Å²) < 4.78 is 2.13. The van der Waals surface area contributed by atoms with Crippen LogP contribution in [0.5, 0.6) is 0 Å². The molecule has 1 unspecified atom stereocenters. The van der Waals surface area contributed by atoms with Gasteiger partial charge in [-0.1, -0.05) is 18.2 Å². The largest absolute Gasteiger partial charge is 0.481 e. The maximum atomic E-state index is 12.2. The lowest BCUT2D eigenvalue weighted by Gasteiger charge is -2.16. The zero-order valence-corrected chi connectivity index (χ0v) is 12.7. The Morgan fingerprint density at radius 1 is 1.13 bits per heavy atom. The second-order valence-corrected chi connectivity index (χ2v) is 6.02. The van der Waals surface area contributed by atoms with Crippen molar-refractivity contribution in [3.8, 4) is 0 Å². The van der Waals surface area contributed by atoms with Gasteiger partial charge in [-0.3, -0.25) is 9.59 Å². The molecule has 1 aromatic heterocycles. The maximum absolute atomic E-state index is 12.2. The van der Waals surface area contributed by atoms with Gasteiger partial charge in [0, 0.05) is 47.5 Å². The number of benzene rings is 2. The molecule has 1 N–H and O–H groups in total. The second kappa shape index (κ2) is 4.84. The van der Waals surface area contributed by atoms with Crippen LogP contribution < -0.4 is 4.90 Å². The van der Waals surface area contributed by atoms with Crippen LogP contribution in [-0.4, -0.2) is 28.1 Å². The van der Waals surface area contributed by atoms with Crippen molar-refractivity contribution in [3.05, 3.63) is 42.5 Å². The summed E-state index contributed by atoms with van der Waals surface area (Å²) in [6.07, 6.45) is 0.0723. The summed E-state index contributed by atoms with van der Waals surface area (Å²) in [4.78, 5) is 24.9. The summed E-state index contributed by atoms with van der Waals surface area (Å²) in [5.41, 5.74) is 3.00. The third-order valence-electron chi connectivity index (χ3n) is 4.68. The summed E-state index contributed by atoms with van der Waals surface area (Å²) in [6, 6.07) is 14.0. The summed E-state index contributed by atoms with van der Waals surface area (Å²) in [5, 5.41) is 11.3. The Bertz CT molecular complexity index is 957. The standard InChI is InChI=1S/C18H16N2O3/c1-19-15-5-3-2-4-13(15)14-9-12(6-7-16(14)19)20-10-11(18(22)23)8-17(20)21/h2-7,9,11H,8,10H2,1H3,(H,22,23). The highest BCUT2D eigenvalue weighted by molar-refractivity contribution is 6.10. The van der Waals surface area contributed by atoms with E-state index < -0.39 is 11.9 Å². The van der Waals surface area contributed by atoms with Gasteiger partial charge < -0.3 is 14.6 Å². The average Bonchev–Trinajstić information content (AvgIpc) is 3.07. The van der Waals surface area contributed by atoms with Crippen molar-refractivity contribution in [2.45, 2.75) is 6.42 Å². The lowest BCUT2D eigenvalue weighted by Crippen LogP contribution is -2.25. The van der Waals surface area contributed by atoms with Gasteiger partial charge in [0.25, 0.3) is 0 Å². The number of para-hydroxylation sites is 1. The zero-order chi connectivity index (χ0) is 16.1. The van der Waals surface area contributed by atoms with E-state index in [1.54, 1.807) is 4.90 Å². The third kappa shape index (κ3) is 2.00. The van der Waals surface area contributed by atoms with Gasteiger partial charge in [-0.2, -0.15) is 0 Å². The highest BCUT2D eigenvalue weighted by atomic mass is 16.4. The first-order chi connectivity index (χ1) is 11.1. The molecule has 116 valence electrons. The van der Waals surface area contributed by atoms with Crippen molar-refractivity contribution in [1.29, 1.82) is 0 Å². The van der Waals surface area contributed by atoms with Crippen molar-refractivity contribution in [3.63, 3.8) is 0 Å². The number of anilines is 1. The van der Waals surface area contributed by atoms with Crippen LogP contribution in [0.3, 0.4) is 0 Å². The van der Waals surface area contributed by atoms with E-state index in [0.717, 1.165) is 27.5 Å². The molecule has 5 nitrogen and oxygen atoms in total. The molecule has 1 aliphatic heterocycles. The van der Waals surface area contributed by atoms with E-state index in [4.69, 9.17) is 5.11 Å². The molecule has 0 bridgehead atoms. The van der Waals surface area contributed by atoms with Crippen LogP contribution in [0.1, 0.15) is 6.42 Å². The Hall–Kier alpha value is -2.82. The van der Waals surface area contributed by atoms with Gasteiger partial charge in [-0.05, 0) is 24.3 Å². The Kier molecular flexibility index (Phi) is 2.91. The number of fused-ring (bicyclic) bond motifs is 3. The van der Waals surface area contributed by atoms with Crippen molar-refractivity contribution in [2.24, 2.45) is 13.0 Å². The summed E-state index contributed by atoms with van der Waals surface area (Å²) in [5.74, 6) is -1.66. The molecule has 2 aromatic carbocycles. The first-order valence-corrected chi connectivity index (χ1v) is 7.56. The van der Waals surface area contributed by atoms with E-state index in [2.05, 4.69) is 16.7 Å². The van der Waals surface area contributed by atoms with Crippen LogP contribution >= 0.6 is 0 Å². The molecule has 0 radical (unpaired) electrons. The van der Waals surface area contributed by atoms with Gasteiger partial charge in [0.1, 0.15) is 0 Å². The van der Waals surface area contributed by atoms with E-state index >= 15 is 0 Å². The number of amides is 1. The molecule has 0 saturated carbocycles. The molecule has 2 heterocycles. The number of carbonyl (C=O) groups is 2. The number of carbonyl (C=O) groups excluding carboxylic acids is 1. The van der Waals surface area contributed by atoms with E-state index in [1.165, 1.54) is 0 Å². The molecule has 0 spiro atoms. The van der Waals surface area contributed by atoms with E-state index in [0.29, 0.717) is 0 Å². The Labute approximate surface area is 132 Å². The van der Waals surface area contributed by atoms with Crippen molar-refractivity contribution >= 4 is 39.4 Å². The minimum Gasteiger partial charge on any atom is -0.481 e. The number of carboxylic acid groups (broad SMARTS) is 1. The van der Waals surface area contributed by atoms with Gasteiger partial charge in [0.2, 0.25) is 5.91 Å². The summed E-state index contributed by atoms with van der Waals surface area (Å²) >= 11 is 0. The van der Waals surface area contributed by atoms with E-state index in [9.17, 15) is 9.59 Å². The minimum atomic E-state index is -0.910. The monoisotopic (exact) mass is 308 g/mol. The lowest BCUT2D eigenvalue weighted by atomic mass is 10.1. The number of hydrogen-bond donors (Lipinski definition) is 1. The smallest absolute Gasteiger partial charge is 0.308 e. The van der Waals surface area contributed by atoms with Crippen LogP contribution in [0.15, 0.2) is 42.5 Å². The topological polar surface area (TPSA) is 62.5 Å². The molecule has 4 rings (SSSR count). The van der Waals surface area contributed by atoms with Crippen LogP contribution in [-0.2, 0) is 16.6 Å². The average molecular weight is 308 g/mol. The van der Waals surface area contributed by atoms with Gasteiger partial charge in [-0.15, -0.1) is 0 Å². The predicted octanol–water partition coefficient (Wildman–Crippen LogP) is 2.77. The van der Waals surface area contributed by atoms with Crippen LogP contribution in [0, 0.1) is 5.92 Å². The SMILES string of the molecule is Cn1c2ccccc2c2cc(N3CC(C(=O)O)CC3=O)ccc21. The molecule has 0 aliphatic carbocycles. The highest BCUT2D eigenvalue weighted by Crippen LogP contribution is 2.33. The molecule has 1 atom stereocenters. The Morgan fingerprint density at radius 2 is 1.87 bits per heavy atom. The second-order valence-electron chi connectivity index (χ2n) is 6.02. The van der Waals surface area contributed by atoms with Gasteiger partial charge in [0.15, 0.2) is 0 Å². The quantitative estimate of drug-likeness (QED) is 0.792.